The van der Waals surface area contributed by atoms with Gasteiger partial charge in [-0.2, -0.15) is 0 Å². The van der Waals surface area contributed by atoms with Crippen molar-refractivity contribution in [2.24, 2.45) is 5.92 Å². The number of rotatable bonds is 8. The number of carbonyl (C=O) groups excluding carboxylic acids is 3. The smallest absolute Gasteiger partial charge is 0.226 e. The Morgan fingerprint density at radius 2 is 1.44 bits per heavy atom. The van der Waals surface area contributed by atoms with Crippen LogP contribution in [0.25, 0.3) is 0 Å². The van der Waals surface area contributed by atoms with Gasteiger partial charge in [-0.1, -0.05) is 20.8 Å². The predicted molar refractivity (Wildman–Crippen MR) is 105 cm³/mol. The van der Waals surface area contributed by atoms with Crippen molar-refractivity contribution >= 4 is 23.2 Å². The van der Waals surface area contributed by atoms with Gasteiger partial charge in [0.15, 0.2) is 11.9 Å². The van der Waals surface area contributed by atoms with E-state index in [2.05, 4.69) is 5.32 Å². The summed E-state index contributed by atoms with van der Waals surface area (Å²) >= 11 is 0. The third-order valence-electron chi connectivity index (χ3n) is 4.14. The Bertz CT molecular complexity index is 807. The van der Waals surface area contributed by atoms with E-state index in [1.807, 2.05) is 20.8 Å². The summed E-state index contributed by atoms with van der Waals surface area (Å²) in [6, 6.07) is 13.5. The van der Waals surface area contributed by atoms with Gasteiger partial charge >= 0.3 is 0 Å². The lowest BCUT2D eigenvalue weighted by Gasteiger charge is -2.14. The number of ketones is 2. The molecule has 2 aromatic carbocycles. The number of amides is 1. The Hall–Kier alpha value is -2.95. The van der Waals surface area contributed by atoms with Gasteiger partial charge in [-0.3, -0.25) is 14.4 Å². The monoisotopic (exact) mass is 367 g/mol. The van der Waals surface area contributed by atoms with Gasteiger partial charge < -0.3 is 10.1 Å². The van der Waals surface area contributed by atoms with Gasteiger partial charge in [0.05, 0.1) is 0 Å². The van der Waals surface area contributed by atoms with Gasteiger partial charge in [0.1, 0.15) is 5.75 Å². The zero-order valence-corrected chi connectivity index (χ0v) is 16.1. The Morgan fingerprint density at radius 3 is 1.96 bits per heavy atom. The first-order valence-electron chi connectivity index (χ1n) is 9.06. The van der Waals surface area contributed by atoms with E-state index in [1.54, 1.807) is 55.5 Å². The highest BCUT2D eigenvalue weighted by molar-refractivity contribution is 6.00. The summed E-state index contributed by atoms with van der Waals surface area (Å²) in [4.78, 5) is 35.9. The number of hydrogen-bond donors (Lipinski definition) is 1. The predicted octanol–water partition coefficient (Wildman–Crippen LogP) is 4.52. The zero-order valence-electron chi connectivity index (χ0n) is 16.1. The Labute approximate surface area is 159 Å². The SMILES string of the molecule is CCC(=O)c1ccc(O[C@@H](C)C(=O)c2ccc(NC(=O)C(C)C)cc2)cc1. The molecule has 142 valence electrons. The molecule has 2 rings (SSSR count). The van der Waals surface area contributed by atoms with Crippen molar-refractivity contribution < 1.29 is 19.1 Å². The molecule has 0 radical (unpaired) electrons. The van der Waals surface area contributed by atoms with E-state index in [-0.39, 0.29) is 23.4 Å². The molecule has 27 heavy (non-hydrogen) atoms. The number of carbonyl (C=O) groups is 3. The molecule has 0 saturated carbocycles. The maximum atomic E-state index is 12.5. The summed E-state index contributed by atoms with van der Waals surface area (Å²) in [6.07, 6.45) is -0.225. The Balaban J connectivity index is 2.00. The van der Waals surface area contributed by atoms with Crippen molar-refractivity contribution in [3.8, 4) is 5.75 Å². The molecule has 0 saturated heterocycles. The molecular weight excluding hydrogens is 342 g/mol. The molecule has 5 nitrogen and oxygen atoms in total. The van der Waals surface area contributed by atoms with E-state index in [1.165, 1.54) is 0 Å². The highest BCUT2D eigenvalue weighted by atomic mass is 16.5. The first-order chi connectivity index (χ1) is 12.8. The lowest BCUT2D eigenvalue weighted by Crippen LogP contribution is -2.24. The van der Waals surface area contributed by atoms with Gasteiger partial charge in [-0.15, -0.1) is 0 Å². The molecule has 0 spiro atoms. The average molecular weight is 367 g/mol. The number of anilines is 1. The minimum atomic E-state index is -0.672. The minimum absolute atomic E-state index is 0.0651. The van der Waals surface area contributed by atoms with E-state index in [0.29, 0.717) is 29.0 Å². The molecule has 0 unspecified atom stereocenters. The minimum Gasteiger partial charge on any atom is -0.483 e. The molecule has 0 aliphatic rings. The van der Waals surface area contributed by atoms with E-state index in [9.17, 15) is 14.4 Å². The highest BCUT2D eigenvalue weighted by Crippen LogP contribution is 2.18. The standard InChI is InChI=1S/C22H25NO4/c1-5-20(24)16-8-12-19(13-9-16)27-15(4)21(25)17-6-10-18(11-7-17)23-22(26)14(2)3/h6-15H,5H2,1-4H3,(H,23,26)/t15-/m0/s1. The van der Waals surface area contributed by atoms with Crippen LogP contribution < -0.4 is 10.1 Å². The molecule has 0 fully saturated rings. The first-order valence-corrected chi connectivity index (χ1v) is 9.06. The third-order valence-corrected chi connectivity index (χ3v) is 4.14. The fraction of sp³-hybridized carbons (Fsp3) is 0.318. The number of Topliss-reactive ketones (excluding diaryl/α,β-unsaturated/α-hetero) is 2. The molecule has 5 heteroatoms. The maximum Gasteiger partial charge on any atom is 0.226 e. The van der Waals surface area contributed by atoms with Gasteiger partial charge in [-0.05, 0) is 55.5 Å². The van der Waals surface area contributed by atoms with Crippen LogP contribution in [0.3, 0.4) is 0 Å². The fourth-order valence-corrected chi connectivity index (χ4v) is 2.42. The normalized spacial score (nSPS) is 11.7. The molecule has 0 aliphatic carbocycles. The summed E-state index contributed by atoms with van der Waals surface area (Å²) in [7, 11) is 0. The lowest BCUT2D eigenvalue weighted by molar-refractivity contribution is -0.118. The Kier molecular flexibility index (Phi) is 6.88. The van der Waals surface area contributed by atoms with Crippen molar-refractivity contribution in [2.45, 2.75) is 40.2 Å². The molecule has 1 atom stereocenters. The number of benzene rings is 2. The van der Waals surface area contributed by atoms with Gasteiger partial charge in [-0.25, -0.2) is 0 Å². The molecular formula is C22H25NO4. The second-order valence-corrected chi connectivity index (χ2v) is 6.65. The summed E-state index contributed by atoms with van der Waals surface area (Å²) in [5.74, 6) is 0.250. The number of nitrogens with one attached hydrogen (secondary N) is 1. The lowest BCUT2D eigenvalue weighted by atomic mass is 10.1. The molecule has 1 amide bonds. The van der Waals surface area contributed by atoms with Crippen molar-refractivity contribution in [3.63, 3.8) is 0 Å². The average Bonchev–Trinajstić information content (AvgIpc) is 2.67. The molecule has 2 aromatic rings. The fourth-order valence-electron chi connectivity index (χ4n) is 2.42. The van der Waals surface area contributed by atoms with Crippen molar-refractivity contribution in [1.29, 1.82) is 0 Å². The van der Waals surface area contributed by atoms with Crippen LogP contribution >= 0.6 is 0 Å². The third kappa shape index (κ3) is 5.51. The molecule has 0 aromatic heterocycles. The van der Waals surface area contributed by atoms with Crippen LogP contribution in [0.1, 0.15) is 54.8 Å². The second-order valence-electron chi connectivity index (χ2n) is 6.65. The van der Waals surface area contributed by atoms with Crippen molar-refractivity contribution in [2.75, 3.05) is 5.32 Å². The van der Waals surface area contributed by atoms with Crippen molar-refractivity contribution in [1.82, 2.24) is 0 Å². The largest absolute Gasteiger partial charge is 0.483 e. The van der Waals surface area contributed by atoms with Gasteiger partial charge in [0, 0.05) is 29.2 Å². The van der Waals surface area contributed by atoms with Crippen LogP contribution in [0.4, 0.5) is 5.69 Å². The second kappa shape index (κ2) is 9.12. The maximum absolute atomic E-state index is 12.5. The van der Waals surface area contributed by atoms with Gasteiger partial charge in [0.2, 0.25) is 11.7 Å². The van der Waals surface area contributed by atoms with E-state index < -0.39 is 6.10 Å². The highest BCUT2D eigenvalue weighted by Gasteiger charge is 2.17. The number of hydrogen-bond acceptors (Lipinski definition) is 4. The summed E-state index contributed by atoms with van der Waals surface area (Å²) in [5.41, 5.74) is 1.78. The van der Waals surface area contributed by atoms with E-state index >= 15 is 0 Å². The van der Waals surface area contributed by atoms with Crippen LogP contribution in [0.5, 0.6) is 5.75 Å². The van der Waals surface area contributed by atoms with Crippen LogP contribution in [-0.2, 0) is 4.79 Å². The molecule has 0 bridgehead atoms. The van der Waals surface area contributed by atoms with Crippen LogP contribution in [-0.4, -0.2) is 23.6 Å². The van der Waals surface area contributed by atoms with Crippen LogP contribution in [0.2, 0.25) is 0 Å². The van der Waals surface area contributed by atoms with Crippen LogP contribution in [0, 0.1) is 5.92 Å². The van der Waals surface area contributed by atoms with Crippen molar-refractivity contribution in [3.05, 3.63) is 59.7 Å². The molecule has 0 aliphatic heterocycles. The van der Waals surface area contributed by atoms with E-state index in [0.717, 1.165) is 0 Å². The summed E-state index contributed by atoms with van der Waals surface area (Å²) in [5, 5.41) is 2.79. The quantitative estimate of drug-likeness (QED) is 0.696. The van der Waals surface area contributed by atoms with Crippen LogP contribution in [0.15, 0.2) is 48.5 Å². The zero-order chi connectivity index (χ0) is 20.0. The molecule has 0 heterocycles. The number of ether oxygens (including phenoxy) is 1. The summed E-state index contributed by atoms with van der Waals surface area (Å²) in [6.45, 7) is 7.13. The van der Waals surface area contributed by atoms with Gasteiger partial charge in [0.25, 0.3) is 0 Å². The van der Waals surface area contributed by atoms with E-state index in [4.69, 9.17) is 4.74 Å². The molecule has 1 N–H and O–H groups in total. The first kappa shape index (κ1) is 20.4. The summed E-state index contributed by atoms with van der Waals surface area (Å²) < 4.78 is 5.69. The Morgan fingerprint density at radius 1 is 0.889 bits per heavy atom. The topological polar surface area (TPSA) is 72.5 Å².